The van der Waals surface area contributed by atoms with Gasteiger partial charge in [0, 0.05) is 23.9 Å². The molecule has 1 heterocycles. The average Bonchev–Trinajstić information content (AvgIpc) is 2.85. The van der Waals surface area contributed by atoms with Crippen molar-refractivity contribution < 1.29 is 14.6 Å². The SMILES string of the molecule is CC(C)(C)OC(=O)NCCn1cc(-c2ccccc2O)cn1. The van der Waals surface area contributed by atoms with E-state index >= 15 is 0 Å². The molecule has 0 aliphatic heterocycles. The van der Waals surface area contributed by atoms with Gasteiger partial charge in [-0.2, -0.15) is 5.10 Å². The fourth-order valence-corrected chi connectivity index (χ4v) is 1.93. The summed E-state index contributed by atoms with van der Waals surface area (Å²) in [5, 5.41) is 16.7. The maximum absolute atomic E-state index is 11.5. The number of nitrogens with one attached hydrogen (secondary N) is 1. The highest BCUT2D eigenvalue weighted by molar-refractivity contribution is 5.68. The molecule has 0 saturated carbocycles. The van der Waals surface area contributed by atoms with Crippen LogP contribution in [0.3, 0.4) is 0 Å². The predicted octanol–water partition coefficient (Wildman–Crippen LogP) is 2.78. The Bertz CT molecular complexity index is 644. The van der Waals surface area contributed by atoms with E-state index in [4.69, 9.17) is 4.74 Å². The Morgan fingerprint density at radius 1 is 1.36 bits per heavy atom. The first-order valence-electron chi connectivity index (χ1n) is 7.13. The third-order valence-electron chi connectivity index (χ3n) is 2.86. The second kappa shape index (κ2) is 6.51. The fraction of sp³-hybridized carbons (Fsp3) is 0.375. The van der Waals surface area contributed by atoms with Crippen molar-refractivity contribution in [2.75, 3.05) is 6.54 Å². The number of ether oxygens (including phenoxy) is 1. The molecule has 1 aromatic carbocycles. The lowest BCUT2D eigenvalue weighted by Gasteiger charge is -2.19. The number of amides is 1. The molecule has 0 spiro atoms. The van der Waals surface area contributed by atoms with Crippen LogP contribution in [0.2, 0.25) is 0 Å². The van der Waals surface area contributed by atoms with Crippen molar-refractivity contribution >= 4 is 6.09 Å². The summed E-state index contributed by atoms with van der Waals surface area (Å²) >= 11 is 0. The van der Waals surface area contributed by atoms with E-state index in [2.05, 4.69) is 10.4 Å². The normalized spacial score (nSPS) is 11.2. The molecule has 0 bridgehead atoms. The number of alkyl carbamates (subject to hydrolysis) is 1. The Morgan fingerprint density at radius 2 is 2.09 bits per heavy atom. The van der Waals surface area contributed by atoms with Crippen LogP contribution in [0.15, 0.2) is 36.7 Å². The molecule has 6 nitrogen and oxygen atoms in total. The molecule has 2 N–H and O–H groups in total. The topological polar surface area (TPSA) is 76.4 Å². The monoisotopic (exact) mass is 303 g/mol. The first-order chi connectivity index (χ1) is 10.3. The second-order valence-corrected chi connectivity index (χ2v) is 5.94. The minimum absolute atomic E-state index is 0.217. The molecular weight excluding hydrogens is 282 g/mol. The van der Waals surface area contributed by atoms with Gasteiger partial charge in [-0.25, -0.2) is 4.79 Å². The lowest BCUT2D eigenvalue weighted by Crippen LogP contribution is -2.34. The van der Waals surface area contributed by atoms with Crippen LogP contribution in [0, 0.1) is 0 Å². The van der Waals surface area contributed by atoms with Crippen molar-refractivity contribution in [1.29, 1.82) is 0 Å². The van der Waals surface area contributed by atoms with Gasteiger partial charge in [0.25, 0.3) is 0 Å². The van der Waals surface area contributed by atoms with E-state index in [9.17, 15) is 9.90 Å². The van der Waals surface area contributed by atoms with Crippen molar-refractivity contribution in [2.24, 2.45) is 0 Å². The van der Waals surface area contributed by atoms with E-state index in [1.807, 2.05) is 39.1 Å². The van der Waals surface area contributed by atoms with Crippen molar-refractivity contribution in [1.82, 2.24) is 15.1 Å². The second-order valence-electron chi connectivity index (χ2n) is 5.94. The smallest absolute Gasteiger partial charge is 0.407 e. The van der Waals surface area contributed by atoms with Gasteiger partial charge >= 0.3 is 6.09 Å². The molecule has 2 rings (SSSR count). The number of carbonyl (C=O) groups excluding carboxylic acids is 1. The van der Waals surface area contributed by atoms with Crippen LogP contribution in [-0.4, -0.2) is 33.1 Å². The molecular formula is C16H21N3O3. The summed E-state index contributed by atoms with van der Waals surface area (Å²) in [5.74, 6) is 0.217. The number of rotatable bonds is 4. The molecule has 6 heteroatoms. The maximum atomic E-state index is 11.5. The number of para-hydroxylation sites is 1. The number of aromatic hydroxyl groups is 1. The van der Waals surface area contributed by atoms with E-state index in [0.717, 1.165) is 11.1 Å². The molecule has 0 saturated heterocycles. The third-order valence-corrected chi connectivity index (χ3v) is 2.86. The number of benzene rings is 1. The number of hydrogen-bond donors (Lipinski definition) is 2. The van der Waals surface area contributed by atoms with Gasteiger partial charge in [-0.15, -0.1) is 0 Å². The van der Waals surface area contributed by atoms with E-state index < -0.39 is 11.7 Å². The summed E-state index contributed by atoms with van der Waals surface area (Å²) in [6, 6.07) is 7.09. The molecule has 0 atom stereocenters. The Hall–Kier alpha value is -2.50. The molecule has 0 radical (unpaired) electrons. The largest absolute Gasteiger partial charge is 0.507 e. The van der Waals surface area contributed by atoms with Crippen molar-refractivity contribution in [3.63, 3.8) is 0 Å². The van der Waals surface area contributed by atoms with Gasteiger partial charge in [-0.3, -0.25) is 4.68 Å². The number of phenolic OH excluding ortho intramolecular Hbond substituents is 1. The van der Waals surface area contributed by atoms with Crippen LogP contribution in [-0.2, 0) is 11.3 Å². The Kier molecular flexibility index (Phi) is 4.70. The molecule has 22 heavy (non-hydrogen) atoms. The number of aromatic nitrogens is 2. The number of hydrogen-bond acceptors (Lipinski definition) is 4. The molecule has 2 aromatic rings. The first-order valence-corrected chi connectivity index (χ1v) is 7.13. The molecule has 1 amide bonds. The first kappa shape index (κ1) is 15.9. The van der Waals surface area contributed by atoms with Crippen LogP contribution in [0.4, 0.5) is 4.79 Å². The Morgan fingerprint density at radius 3 is 2.77 bits per heavy atom. The lowest BCUT2D eigenvalue weighted by atomic mass is 10.1. The zero-order valence-electron chi connectivity index (χ0n) is 13.0. The van der Waals surface area contributed by atoms with Crippen LogP contribution in [0.1, 0.15) is 20.8 Å². The van der Waals surface area contributed by atoms with Gasteiger partial charge in [0.05, 0.1) is 12.7 Å². The van der Waals surface area contributed by atoms with Crippen LogP contribution >= 0.6 is 0 Å². The average molecular weight is 303 g/mol. The predicted molar refractivity (Wildman–Crippen MR) is 83.6 cm³/mol. The number of nitrogens with zero attached hydrogens (tertiary/aromatic N) is 2. The Balaban J connectivity index is 1.88. The van der Waals surface area contributed by atoms with Gasteiger partial charge in [0.15, 0.2) is 0 Å². The zero-order chi connectivity index (χ0) is 16.2. The summed E-state index contributed by atoms with van der Waals surface area (Å²) in [5.41, 5.74) is 1.05. The molecule has 0 aliphatic rings. The van der Waals surface area contributed by atoms with Gasteiger partial charge in [0.2, 0.25) is 0 Å². The fourth-order valence-electron chi connectivity index (χ4n) is 1.93. The summed E-state index contributed by atoms with van der Waals surface area (Å²) in [6.45, 7) is 6.39. The van der Waals surface area contributed by atoms with Crippen molar-refractivity contribution in [3.8, 4) is 16.9 Å². The lowest BCUT2D eigenvalue weighted by molar-refractivity contribution is 0.0525. The molecule has 0 fully saturated rings. The minimum atomic E-state index is -0.506. The highest BCUT2D eigenvalue weighted by Crippen LogP contribution is 2.27. The third kappa shape index (κ3) is 4.51. The van der Waals surface area contributed by atoms with Crippen LogP contribution in [0.25, 0.3) is 11.1 Å². The van der Waals surface area contributed by atoms with E-state index in [0.29, 0.717) is 13.1 Å². The molecule has 1 aromatic heterocycles. The summed E-state index contributed by atoms with van der Waals surface area (Å²) < 4.78 is 6.86. The van der Waals surface area contributed by atoms with Crippen LogP contribution < -0.4 is 5.32 Å². The number of phenols is 1. The molecule has 0 aliphatic carbocycles. The minimum Gasteiger partial charge on any atom is -0.507 e. The quantitative estimate of drug-likeness (QED) is 0.910. The molecule has 0 unspecified atom stereocenters. The molecule has 118 valence electrons. The van der Waals surface area contributed by atoms with Gasteiger partial charge < -0.3 is 15.2 Å². The van der Waals surface area contributed by atoms with Crippen molar-refractivity contribution in [3.05, 3.63) is 36.7 Å². The van der Waals surface area contributed by atoms with E-state index in [1.165, 1.54) is 0 Å². The zero-order valence-corrected chi connectivity index (χ0v) is 13.0. The number of carbonyl (C=O) groups is 1. The van der Waals surface area contributed by atoms with Crippen LogP contribution in [0.5, 0.6) is 5.75 Å². The van der Waals surface area contributed by atoms with Gasteiger partial charge in [0.1, 0.15) is 11.4 Å². The summed E-state index contributed by atoms with van der Waals surface area (Å²) in [4.78, 5) is 11.5. The summed E-state index contributed by atoms with van der Waals surface area (Å²) in [6.07, 6.45) is 3.06. The maximum Gasteiger partial charge on any atom is 0.407 e. The van der Waals surface area contributed by atoms with Gasteiger partial charge in [-0.05, 0) is 26.8 Å². The van der Waals surface area contributed by atoms with E-state index in [1.54, 1.807) is 23.0 Å². The standard InChI is InChI=1S/C16H21N3O3/c1-16(2,3)22-15(21)17-8-9-19-11-12(10-18-19)13-6-4-5-7-14(13)20/h4-7,10-11,20H,8-9H2,1-3H3,(H,17,21). The van der Waals surface area contributed by atoms with E-state index in [-0.39, 0.29) is 5.75 Å². The van der Waals surface area contributed by atoms with Gasteiger partial charge in [-0.1, -0.05) is 18.2 Å². The Labute approximate surface area is 129 Å². The summed E-state index contributed by atoms with van der Waals surface area (Å²) in [7, 11) is 0. The van der Waals surface area contributed by atoms with Crippen molar-refractivity contribution in [2.45, 2.75) is 32.9 Å². The highest BCUT2D eigenvalue weighted by Gasteiger charge is 2.15. The highest BCUT2D eigenvalue weighted by atomic mass is 16.6.